The maximum absolute atomic E-state index is 13.6. The molecule has 0 aliphatic carbocycles. The summed E-state index contributed by atoms with van der Waals surface area (Å²) in [6.07, 6.45) is 0. The molecule has 1 aromatic carbocycles. The van der Waals surface area contributed by atoms with Gasteiger partial charge >= 0.3 is 29.7 Å². The van der Waals surface area contributed by atoms with Crippen molar-refractivity contribution in [2.24, 2.45) is 0 Å². The number of esters is 2. The Morgan fingerprint density at radius 2 is 1.44 bits per heavy atom. The van der Waals surface area contributed by atoms with Gasteiger partial charge in [0.2, 0.25) is 0 Å². The zero-order valence-electron chi connectivity index (χ0n) is 13.3. The van der Waals surface area contributed by atoms with Crippen LogP contribution in [0.2, 0.25) is 0 Å². The van der Waals surface area contributed by atoms with Gasteiger partial charge in [-0.05, 0) is 44.0 Å². The molecule has 140 valence electrons. The molecule has 10 heteroatoms. The first-order valence-corrected chi connectivity index (χ1v) is 6.89. The molecule has 0 spiro atoms. The Balaban J connectivity index is 3.13. The van der Waals surface area contributed by atoms with E-state index in [9.17, 15) is 35.9 Å². The van der Waals surface area contributed by atoms with Gasteiger partial charge in [0.15, 0.2) is 0 Å². The molecule has 4 nitrogen and oxygen atoms in total. The molecular weight excluding hydrogens is 358 g/mol. The molecule has 0 bridgehead atoms. The highest BCUT2D eigenvalue weighted by Gasteiger charge is 2.79. The van der Waals surface area contributed by atoms with Gasteiger partial charge in [-0.2, -0.15) is 26.3 Å². The minimum absolute atomic E-state index is 0.484. The quantitative estimate of drug-likeness (QED) is 0.434. The molecule has 0 aliphatic heterocycles. The van der Waals surface area contributed by atoms with Crippen LogP contribution in [0.5, 0.6) is 5.75 Å². The Bertz CT molecular complexity index is 672. The molecule has 0 atom stereocenters. The second-order valence-electron chi connectivity index (χ2n) is 5.08. The predicted molar refractivity (Wildman–Crippen MR) is 73.0 cm³/mol. The Labute approximate surface area is 138 Å². The average molecular weight is 372 g/mol. The van der Waals surface area contributed by atoms with E-state index in [0.717, 1.165) is 19.1 Å². The molecule has 1 aromatic rings. The number of rotatable bonds is 6. The van der Waals surface area contributed by atoms with Gasteiger partial charge in [-0.1, -0.05) is 6.07 Å². The smallest absolute Gasteiger partial charge is 0.411 e. The number of benzene rings is 1. The number of hydrogen-bond donors (Lipinski definition) is 0. The number of carbonyl (C=O) groups excluding carboxylic acids is 2. The first-order chi connectivity index (χ1) is 11.3. The predicted octanol–water partition coefficient (Wildman–Crippen LogP) is 3.68. The van der Waals surface area contributed by atoms with E-state index in [1.807, 2.05) is 0 Å². The fraction of sp³-hybridized carbons (Fsp3) is 0.467. The van der Waals surface area contributed by atoms with Crippen LogP contribution in [-0.2, 0) is 14.3 Å². The van der Waals surface area contributed by atoms with Crippen LogP contribution in [0.4, 0.5) is 26.3 Å². The average Bonchev–Trinajstić information content (AvgIpc) is 2.50. The van der Waals surface area contributed by atoms with Crippen molar-refractivity contribution in [2.75, 3.05) is 6.61 Å². The zero-order valence-corrected chi connectivity index (χ0v) is 13.3. The summed E-state index contributed by atoms with van der Waals surface area (Å²) in [5.41, 5.74) is 1.17. The van der Waals surface area contributed by atoms with Gasteiger partial charge in [0.05, 0.1) is 6.61 Å². The van der Waals surface area contributed by atoms with Crippen molar-refractivity contribution in [1.29, 1.82) is 0 Å². The van der Waals surface area contributed by atoms with Crippen LogP contribution in [-0.4, -0.2) is 36.3 Å². The Hall–Kier alpha value is -2.26. The van der Waals surface area contributed by atoms with Gasteiger partial charge in [0, 0.05) is 0 Å². The standard InChI is InChI=1S/C15H14F6O4/c1-4-24-11(22)13(16,17)15(20,21)14(18,19)12(23)25-10-6-5-8(2)9(3)7-10/h5-7H,4H2,1-3H3. The highest BCUT2D eigenvalue weighted by molar-refractivity contribution is 5.85. The van der Waals surface area contributed by atoms with Crippen molar-refractivity contribution in [3.63, 3.8) is 0 Å². The maximum atomic E-state index is 13.6. The highest BCUT2D eigenvalue weighted by atomic mass is 19.3. The summed E-state index contributed by atoms with van der Waals surface area (Å²) < 4.78 is 88.9. The summed E-state index contributed by atoms with van der Waals surface area (Å²) in [6.45, 7) is 3.43. The number of aryl methyl sites for hydroxylation is 2. The van der Waals surface area contributed by atoms with Crippen molar-refractivity contribution in [3.8, 4) is 5.75 Å². The van der Waals surface area contributed by atoms with E-state index in [1.165, 1.54) is 13.0 Å². The third-order valence-corrected chi connectivity index (χ3v) is 3.27. The molecule has 1 rings (SSSR count). The monoisotopic (exact) mass is 372 g/mol. The zero-order chi connectivity index (χ0) is 19.6. The van der Waals surface area contributed by atoms with Gasteiger partial charge in [-0.25, -0.2) is 9.59 Å². The largest absolute Gasteiger partial charge is 0.461 e. The molecular formula is C15H14F6O4. The van der Waals surface area contributed by atoms with Crippen molar-refractivity contribution < 1.29 is 45.4 Å². The molecule has 0 fully saturated rings. The van der Waals surface area contributed by atoms with E-state index < -0.39 is 42.1 Å². The number of hydrogen-bond acceptors (Lipinski definition) is 4. The molecule has 0 saturated carbocycles. The van der Waals surface area contributed by atoms with Gasteiger partial charge < -0.3 is 9.47 Å². The lowest BCUT2D eigenvalue weighted by atomic mass is 10.0. The molecule has 0 unspecified atom stereocenters. The van der Waals surface area contributed by atoms with E-state index in [4.69, 9.17) is 0 Å². The topological polar surface area (TPSA) is 52.6 Å². The van der Waals surface area contributed by atoms with E-state index in [-0.39, 0.29) is 0 Å². The summed E-state index contributed by atoms with van der Waals surface area (Å²) in [5.74, 6) is -24.6. The normalized spacial score (nSPS) is 12.7. The first-order valence-electron chi connectivity index (χ1n) is 6.89. The lowest BCUT2D eigenvalue weighted by Crippen LogP contribution is -2.62. The van der Waals surface area contributed by atoms with Gasteiger partial charge in [-0.15, -0.1) is 0 Å². The maximum Gasteiger partial charge on any atom is 0.411 e. The minimum atomic E-state index is -6.36. The van der Waals surface area contributed by atoms with Crippen molar-refractivity contribution in [2.45, 2.75) is 38.5 Å². The van der Waals surface area contributed by atoms with Crippen molar-refractivity contribution in [1.82, 2.24) is 0 Å². The van der Waals surface area contributed by atoms with Crippen molar-refractivity contribution in [3.05, 3.63) is 29.3 Å². The molecule has 0 N–H and O–H groups in total. The number of alkyl halides is 6. The lowest BCUT2D eigenvalue weighted by molar-refractivity contribution is -0.298. The van der Waals surface area contributed by atoms with Gasteiger partial charge in [0.25, 0.3) is 0 Å². The molecule has 25 heavy (non-hydrogen) atoms. The van der Waals surface area contributed by atoms with Gasteiger partial charge in [0.1, 0.15) is 5.75 Å². The van der Waals surface area contributed by atoms with Crippen LogP contribution in [0.3, 0.4) is 0 Å². The van der Waals surface area contributed by atoms with Crippen LogP contribution in [0, 0.1) is 13.8 Å². The van der Waals surface area contributed by atoms with E-state index in [0.29, 0.717) is 11.1 Å². The Morgan fingerprint density at radius 3 is 1.92 bits per heavy atom. The Morgan fingerprint density at radius 1 is 0.920 bits per heavy atom. The summed E-state index contributed by atoms with van der Waals surface area (Å²) >= 11 is 0. The van der Waals surface area contributed by atoms with Crippen molar-refractivity contribution >= 4 is 11.9 Å². The third-order valence-electron chi connectivity index (χ3n) is 3.27. The molecule has 0 radical (unpaired) electrons. The summed E-state index contributed by atoms with van der Waals surface area (Å²) in [5, 5.41) is 0. The molecule has 0 heterocycles. The van der Waals surface area contributed by atoms with Crippen LogP contribution >= 0.6 is 0 Å². The number of ether oxygens (including phenoxy) is 2. The number of carbonyl (C=O) groups is 2. The first kappa shape index (κ1) is 20.8. The van der Waals surface area contributed by atoms with E-state index in [1.54, 1.807) is 6.92 Å². The second kappa shape index (κ2) is 6.93. The molecule has 0 saturated heterocycles. The van der Waals surface area contributed by atoms with Crippen LogP contribution < -0.4 is 4.74 Å². The SMILES string of the molecule is CCOC(=O)C(F)(F)C(F)(F)C(F)(F)C(=O)Oc1ccc(C)c(C)c1. The van der Waals surface area contributed by atoms with Crippen LogP contribution in [0.15, 0.2) is 18.2 Å². The third kappa shape index (κ3) is 3.72. The fourth-order valence-corrected chi connectivity index (χ4v) is 1.62. The van der Waals surface area contributed by atoms with E-state index >= 15 is 0 Å². The second-order valence-corrected chi connectivity index (χ2v) is 5.08. The van der Waals surface area contributed by atoms with E-state index in [2.05, 4.69) is 9.47 Å². The summed E-state index contributed by atoms with van der Waals surface area (Å²) in [6, 6.07) is 3.46. The fourth-order valence-electron chi connectivity index (χ4n) is 1.62. The van der Waals surface area contributed by atoms with Gasteiger partial charge in [-0.3, -0.25) is 0 Å². The minimum Gasteiger partial charge on any atom is -0.461 e. The number of halogens is 6. The van der Waals surface area contributed by atoms with Crippen LogP contribution in [0.1, 0.15) is 18.1 Å². The lowest BCUT2D eigenvalue weighted by Gasteiger charge is -2.29. The Kier molecular flexibility index (Phi) is 5.76. The summed E-state index contributed by atoms with van der Waals surface area (Å²) in [4.78, 5) is 22.3. The van der Waals surface area contributed by atoms with Crippen LogP contribution in [0.25, 0.3) is 0 Å². The summed E-state index contributed by atoms with van der Waals surface area (Å²) in [7, 11) is 0. The molecule has 0 amide bonds. The molecule has 0 aromatic heterocycles. The highest BCUT2D eigenvalue weighted by Crippen LogP contribution is 2.47. The molecule has 0 aliphatic rings.